The number of pyridine rings is 1. The predicted molar refractivity (Wildman–Crippen MR) is 130 cm³/mol. The smallest absolute Gasteiger partial charge is 0.412 e. The van der Waals surface area contributed by atoms with E-state index in [2.05, 4.69) is 25.5 Å². The number of fused-ring (bicyclic) bond motifs is 2. The molecule has 0 aliphatic carbocycles. The Bertz CT molecular complexity index is 1560. The third-order valence-corrected chi connectivity index (χ3v) is 5.95. The van der Waals surface area contributed by atoms with Crippen LogP contribution >= 0.6 is 0 Å². The average Bonchev–Trinajstić information content (AvgIpc) is 3.26. The normalized spacial score (nSPS) is 12.4. The van der Waals surface area contributed by atoms with Gasteiger partial charge in [0.25, 0.3) is 5.56 Å². The van der Waals surface area contributed by atoms with Gasteiger partial charge in [0.15, 0.2) is 0 Å². The van der Waals surface area contributed by atoms with Gasteiger partial charge < -0.3 is 4.74 Å². The molecule has 0 radical (unpaired) electrons. The minimum absolute atomic E-state index is 0.249. The summed E-state index contributed by atoms with van der Waals surface area (Å²) in [5.74, 6) is 0.0566. The number of aromatic nitrogens is 3. The van der Waals surface area contributed by atoms with Crippen molar-refractivity contribution >= 4 is 28.4 Å². The molecule has 1 aliphatic rings. The zero-order valence-corrected chi connectivity index (χ0v) is 19.2. The second kappa shape index (κ2) is 9.09. The highest BCUT2D eigenvalue weighted by atomic mass is 19.1. The number of benzene rings is 2. The molecule has 0 atom stereocenters. The van der Waals surface area contributed by atoms with E-state index in [0.29, 0.717) is 52.3 Å². The van der Waals surface area contributed by atoms with Crippen LogP contribution in [0.2, 0.25) is 0 Å². The van der Waals surface area contributed by atoms with Crippen LogP contribution in [0.15, 0.2) is 58.4 Å². The van der Waals surface area contributed by atoms with Crippen LogP contribution in [0.4, 0.5) is 14.9 Å². The molecule has 0 bridgehead atoms. The van der Waals surface area contributed by atoms with Gasteiger partial charge in [-0.1, -0.05) is 24.3 Å². The molecule has 0 unspecified atom stereocenters. The lowest BCUT2D eigenvalue weighted by atomic mass is 9.96. The lowest BCUT2D eigenvalue weighted by Gasteiger charge is -2.12. The standard InChI is InChI=1S/C26H22FN5O3/c1-3-35-26(34)30-23-12-22-24(29-23)14(2)19(13-28-22)18-10-15(8-9-20(18)27)11-21-16-6-4-5-7-17(16)25(33)32-31-21/h4-10,13H,3,11-12H2,1-2H3,(H,32,33)(H,29,30,34). The largest absolute Gasteiger partial charge is 0.450 e. The number of carbonyl (C=O) groups is 1. The number of rotatable bonds is 4. The first-order valence-electron chi connectivity index (χ1n) is 11.2. The first-order chi connectivity index (χ1) is 16.9. The molecule has 35 heavy (non-hydrogen) atoms. The van der Waals surface area contributed by atoms with E-state index >= 15 is 0 Å². The first-order valence-corrected chi connectivity index (χ1v) is 11.2. The number of hydrogen-bond donors (Lipinski definition) is 2. The second-order valence-corrected chi connectivity index (χ2v) is 8.21. The molecule has 0 saturated carbocycles. The second-order valence-electron chi connectivity index (χ2n) is 8.21. The van der Waals surface area contributed by atoms with Crippen LogP contribution in [-0.4, -0.2) is 33.7 Å². The van der Waals surface area contributed by atoms with Crippen molar-refractivity contribution in [3.05, 3.63) is 87.3 Å². The highest BCUT2D eigenvalue weighted by Crippen LogP contribution is 2.36. The van der Waals surface area contributed by atoms with E-state index in [1.165, 1.54) is 6.07 Å². The summed E-state index contributed by atoms with van der Waals surface area (Å²) >= 11 is 0. The van der Waals surface area contributed by atoms with Gasteiger partial charge in [-0.3, -0.25) is 15.1 Å². The highest BCUT2D eigenvalue weighted by molar-refractivity contribution is 6.01. The number of hydrogen-bond acceptors (Lipinski definition) is 6. The van der Waals surface area contributed by atoms with E-state index in [1.54, 1.807) is 37.4 Å². The zero-order valence-electron chi connectivity index (χ0n) is 19.2. The van der Waals surface area contributed by atoms with Gasteiger partial charge in [-0.15, -0.1) is 0 Å². The van der Waals surface area contributed by atoms with Gasteiger partial charge in [-0.2, -0.15) is 5.10 Å². The number of H-pyrrole nitrogens is 1. The number of aromatic amines is 1. The lowest BCUT2D eigenvalue weighted by molar-refractivity contribution is 0.157. The van der Waals surface area contributed by atoms with Crippen LogP contribution in [0.25, 0.3) is 21.9 Å². The summed E-state index contributed by atoms with van der Waals surface area (Å²) in [6.07, 6.45) is 1.84. The molecule has 2 aromatic carbocycles. The third-order valence-electron chi connectivity index (χ3n) is 5.95. The van der Waals surface area contributed by atoms with Crippen LogP contribution in [0.3, 0.4) is 0 Å². The summed E-state index contributed by atoms with van der Waals surface area (Å²) in [4.78, 5) is 32.8. The maximum atomic E-state index is 15.0. The topological polar surface area (TPSA) is 109 Å². The average molecular weight is 471 g/mol. The summed E-state index contributed by atoms with van der Waals surface area (Å²) in [6, 6.07) is 12.2. The fourth-order valence-corrected chi connectivity index (χ4v) is 4.27. The van der Waals surface area contributed by atoms with Crippen molar-refractivity contribution in [3.63, 3.8) is 0 Å². The molecule has 3 heterocycles. The Morgan fingerprint density at radius 3 is 2.77 bits per heavy atom. The molecular formula is C26H22FN5O3. The van der Waals surface area contributed by atoms with Crippen molar-refractivity contribution in [2.75, 3.05) is 6.61 Å². The number of amidine groups is 1. The van der Waals surface area contributed by atoms with Crippen LogP contribution in [-0.2, 0) is 17.6 Å². The Balaban J connectivity index is 1.49. The number of carbonyl (C=O) groups excluding carboxylic acids is 1. The fraction of sp³-hybridized carbons (Fsp3) is 0.192. The number of nitrogens with zero attached hydrogens (tertiary/aromatic N) is 3. The van der Waals surface area contributed by atoms with Gasteiger partial charge in [0.1, 0.15) is 11.7 Å². The van der Waals surface area contributed by atoms with Crippen molar-refractivity contribution < 1.29 is 13.9 Å². The van der Waals surface area contributed by atoms with Crippen LogP contribution < -0.4 is 10.9 Å². The molecule has 9 heteroatoms. The van der Waals surface area contributed by atoms with E-state index in [0.717, 1.165) is 16.5 Å². The summed E-state index contributed by atoms with van der Waals surface area (Å²) in [6.45, 7) is 3.84. The number of aliphatic imine (C=N–C) groups is 1. The molecule has 8 nitrogen and oxygen atoms in total. The molecular weight excluding hydrogens is 449 g/mol. The molecule has 2 aromatic heterocycles. The number of nitrogens with one attached hydrogen (secondary N) is 2. The van der Waals surface area contributed by atoms with Gasteiger partial charge in [0.05, 0.1) is 35.5 Å². The van der Waals surface area contributed by atoms with Crippen molar-refractivity contribution in [1.29, 1.82) is 0 Å². The lowest BCUT2D eigenvalue weighted by Crippen LogP contribution is -2.31. The van der Waals surface area contributed by atoms with E-state index in [1.807, 2.05) is 19.1 Å². The Kier molecular flexibility index (Phi) is 5.82. The molecule has 0 spiro atoms. The number of amides is 1. The van der Waals surface area contributed by atoms with Crippen molar-refractivity contribution in [2.45, 2.75) is 26.7 Å². The van der Waals surface area contributed by atoms with Crippen molar-refractivity contribution in [3.8, 4) is 11.1 Å². The molecule has 176 valence electrons. The van der Waals surface area contributed by atoms with Gasteiger partial charge in [-0.25, -0.2) is 19.3 Å². The van der Waals surface area contributed by atoms with E-state index in [4.69, 9.17) is 4.74 Å². The van der Waals surface area contributed by atoms with Crippen LogP contribution in [0.5, 0.6) is 0 Å². The van der Waals surface area contributed by atoms with Gasteiger partial charge in [0.2, 0.25) is 0 Å². The summed E-state index contributed by atoms with van der Waals surface area (Å²) in [5, 5.41) is 10.7. The Morgan fingerprint density at radius 2 is 1.97 bits per heavy atom. The zero-order chi connectivity index (χ0) is 24.5. The highest BCUT2D eigenvalue weighted by Gasteiger charge is 2.23. The molecule has 0 fully saturated rings. The van der Waals surface area contributed by atoms with E-state index < -0.39 is 6.09 Å². The molecule has 4 aromatic rings. The van der Waals surface area contributed by atoms with Crippen molar-refractivity contribution in [2.24, 2.45) is 4.99 Å². The SMILES string of the molecule is CCOC(=O)NC1=Nc2c(ncc(-c3cc(Cc4n[nH]c(=O)c5ccccc45)ccc3F)c2C)C1. The predicted octanol–water partition coefficient (Wildman–Crippen LogP) is 4.36. The Hall–Kier alpha value is -4.40. The molecule has 2 N–H and O–H groups in total. The van der Waals surface area contributed by atoms with E-state index in [9.17, 15) is 14.0 Å². The number of ether oxygens (including phenoxy) is 1. The van der Waals surface area contributed by atoms with E-state index in [-0.39, 0.29) is 18.0 Å². The van der Waals surface area contributed by atoms with Gasteiger partial charge in [0, 0.05) is 29.1 Å². The Morgan fingerprint density at radius 1 is 1.17 bits per heavy atom. The summed E-state index contributed by atoms with van der Waals surface area (Å²) < 4.78 is 19.9. The number of halogens is 1. The van der Waals surface area contributed by atoms with Crippen LogP contribution in [0.1, 0.15) is 29.4 Å². The summed E-state index contributed by atoms with van der Waals surface area (Å²) in [7, 11) is 0. The Labute approximate surface area is 199 Å². The minimum Gasteiger partial charge on any atom is -0.450 e. The first kappa shape index (κ1) is 22.4. The minimum atomic E-state index is -0.570. The maximum absolute atomic E-state index is 15.0. The molecule has 5 rings (SSSR count). The maximum Gasteiger partial charge on any atom is 0.412 e. The van der Waals surface area contributed by atoms with Gasteiger partial charge >= 0.3 is 6.09 Å². The van der Waals surface area contributed by atoms with Crippen LogP contribution in [0, 0.1) is 12.7 Å². The monoisotopic (exact) mass is 471 g/mol. The van der Waals surface area contributed by atoms with Crippen molar-refractivity contribution in [1.82, 2.24) is 20.5 Å². The number of alkyl carbamates (subject to hydrolysis) is 1. The third kappa shape index (κ3) is 4.28. The fourth-order valence-electron chi connectivity index (χ4n) is 4.27. The molecule has 1 amide bonds. The molecule has 0 saturated heterocycles. The summed E-state index contributed by atoms with van der Waals surface area (Å²) in [5.41, 5.74) is 4.38. The molecule has 1 aliphatic heterocycles. The quantitative estimate of drug-likeness (QED) is 0.460. The van der Waals surface area contributed by atoms with Gasteiger partial charge in [-0.05, 0) is 43.2 Å².